The minimum absolute atomic E-state index is 0.0140. The van der Waals surface area contributed by atoms with Crippen LogP contribution in [0, 0.1) is 0 Å². The highest BCUT2D eigenvalue weighted by Crippen LogP contribution is 2.23. The number of hydrogen-bond donors (Lipinski definition) is 0. The van der Waals surface area contributed by atoms with Crippen LogP contribution in [0.15, 0.2) is 29.9 Å². The van der Waals surface area contributed by atoms with Gasteiger partial charge in [-0.1, -0.05) is 0 Å². The van der Waals surface area contributed by atoms with Crippen molar-refractivity contribution in [2.24, 2.45) is 0 Å². The highest BCUT2D eigenvalue weighted by molar-refractivity contribution is 7.13. The van der Waals surface area contributed by atoms with E-state index in [0.29, 0.717) is 32.0 Å². The first kappa shape index (κ1) is 12.3. The lowest BCUT2D eigenvalue weighted by atomic mass is 10.3. The SMILES string of the molecule is O=C(c1csc(-c2ccncc2)n1)N1CCOCC1. The molecule has 19 heavy (non-hydrogen) atoms. The summed E-state index contributed by atoms with van der Waals surface area (Å²) in [6, 6.07) is 3.78. The Morgan fingerprint density at radius 1 is 1.26 bits per heavy atom. The van der Waals surface area contributed by atoms with Crippen molar-refractivity contribution in [3.05, 3.63) is 35.6 Å². The number of hydrogen-bond acceptors (Lipinski definition) is 5. The van der Waals surface area contributed by atoms with E-state index in [-0.39, 0.29) is 5.91 Å². The number of carbonyl (C=O) groups is 1. The van der Waals surface area contributed by atoms with E-state index in [2.05, 4.69) is 9.97 Å². The number of thiazole rings is 1. The Bertz CT molecular complexity index is 564. The van der Waals surface area contributed by atoms with E-state index in [1.54, 1.807) is 17.3 Å². The molecule has 2 aromatic rings. The van der Waals surface area contributed by atoms with Gasteiger partial charge in [-0.15, -0.1) is 11.3 Å². The summed E-state index contributed by atoms with van der Waals surface area (Å²) in [6.45, 7) is 2.49. The molecule has 1 aliphatic heterocycles. The van der Waals surface area contributed by atoms with Crippen LogP contribution < -0.4 is 0 Å². The highest BCUT2D eigenvalue weighted by Gasteiger charge is 2.21. The van der Waals surface area contributed by atoms with Gasteiger partial charge in [0.25, 0.3) is 5.91 Å². The fraction of sp³-hybridized carbons (Fsp3) is 0.308. The lowest BCUT2D eigenvalue weighted by Gasteiger charge is -2.25. The van der Waals surface area contributed by atoms with Crippen LogP contribution in [-0.4, -0.2) is 47.1 Å². The Labute approximate surface area is 114 Å². The van der Waals surface area contributed by atoms with Crippen molar-refractivity contribution in [2.75, 3.05) is 26.3 Å². The first-order chi connectivity index (χ1) is 9.34. The van der Waals surface area contributed by atoms with Gasteiger partial charge in [0.05, 0.1) is 13.2 Å². The molecule has 1 fully saturated rings. The predicted octanol–water partition coefficient (Wildman–Crippen LogP) is 1.68. The van der Waals surface area contributed by atoms with Crippen LogP contribution in [0.25, 0.3) is 10.6 Å². The van der Waals surface area contributed by atoms with Gasteiger partial charge >= 0.3 is 0 Å². The van der Waals surface area contributed by atoms with Gasteiger partial charge in [0.15, 0.2) is 0 Å². The van der Waals surface area contributed by atoms with E-state index in [1.165, 1.54) is 11.3 Å². The fourth-order valence-corrected chi connectivity index (χ4v) is 2.73. The van der Waals surface area contributed by atoms with Gasteiger partial charge in [0.1, 0.15) is 10.7 Å². The summed E-state index contributed by atoms with van der Waals surface area (Å²) in [5, 5.41) is 2.66. The number of nitrogens with zero attached hydrogens (tertiary/aromatic N) is 3. The highest BCUT2D eigenvalue weighted by atomic mass is 32.1. The van der Waals surface area contributed by atoms with Gasteiger partial charge in [-0.2, -0.15) is 0 Å². The summed E-state index contributed by atoms with van der Waals surface area (Å²) in [6.07, 6.45) is 3.44. The minimum Gasteiger partial charge on any atom is -0.378 e. The van der Waals surface area contributed by atoms with Crippen LogP contribution in [0.5, 0.6) is 0 Å². The number of aromatic nitrogens is 2. The summed E-state index contributed by atoms with van der Waals surface area (Å²) in [7, 11) is 0. The molecule has 3 heterocycles. The van der Waals surface area contributed by atoms with Crippen LogP contribution in [0.1, 0.15) is 10.5 Å². The molecule has 0 spiro atoms. The van der Waals surface area contributed by atoms with Gasteiger partial charge in [0, 0.05) is 36.4 Å². The molecular formula is C13H13N3O2S. The van der Waals surface area contributed by atoms with Crippen molar-refractivity contribution < 1.29 is 9.53 Å². The number of rotatable bonds is 2. The van der Waals surface area contributed by atoms with Crippen LogP contribution in [0.2, 0.25) is 0 Å². The monoisotopic (exact) mass is 275 g/mol. The molecule has 1 amide bonds. The summed E-state index contributed by atoms with van der Waals surface area (Å²) in [5.74, 6) is -0.0140. The van der Waals surface area contributed by atoms with Gasteiger partial charge in [-0.25, -0.2) is 4.98 Å². The molecule has 1 aliphatic rings. The average molecular weight is 275 g/mol. The smallest absolute Gasteiger partial charge is 0.273 e. The van der Waals surface area contributed by atoms with Crippen LogP contribution in [0.4, 0.5) is 0 Å². The topological polar surface area (TPSA) is 55.3 Å². The number of morpholine rings is 1. The normalized spacial score (nSPS) is 15.5. The molecular weight excluding hydrogens is 262 g/mol. The summed E-state index contributed by atoms with van der Waals surface area (Å²) >= 11 is 1.48. The third-order valence-electron chi connectivity index (χ3n) is 2.95. The van der Waals surface area contributed by atoms with Crippen molar-refractivity contribution in [1.29, 1.82) is 0 Å². The van der Waals surface area contributed by atoms with Crippen molar-refractivity contribution in [1.82, 2.24) is 14.9 Å². The molecule has 0 saturated carbocycles. The van der Waals surface area contributed by atoms with E-state index in [1.807, 2.05) is 17.5 Å². The maximum atomic E-state index is 12.2. The second-order valence-electron chi connectivity index (χ2n) is 4.18. The molecule has 2 aromatic heterocycles. The fourth-order valence-electron chi connectivity index (χ4n) is 1.93. The average Bonchev–Trinajstić information content (AvgIpc) is 2.98. The molecule has 98 valence electrons. The molecule has 0 radical (unpaired) electrons. The van der Waals surface area contributed by atoms with E-state index < -0.39 is 0 Å². The zero-order valence-electron chi connectivity index (χ0n) is 10.3. The van der Waals surface area contributed by atoms with Gasteiger partial charge in [-0.3, -0.25) is 9.78 Å². The molecule has 6 heteroatoms. The van der Waals surface area contributed by atoms with E-state index in [4.69, 9.17) is 4.74 Å². The minimum atomic E-state index is -0.0140. The van der Waals surface area contributed by atoms with Crippen LogP contribution in [0.3, 0.4) is 0 Å². The van der Waals surface area contributed by atoms with E-state index in [9.17, 15) is 4.79 Å². The van der Waals surface area contributed by atoms with Crippen LogP contribution in [-0.2, 0) is 4.74 Å². The lowest BCUT2D eigenvalue weighted by molar-refractivity contribution is 0.0299. The molecule has 3 rings (SSSR count). The van der Waals surface area contributed by atoms with Crippen molar-refractivity contribution >= 4 is 17.2 Å². The second-order valence-corrected chi connectivity index (χ2v) is 5.04. The zero-order chi connectivity index (χ0) is 13.1. The molecule has 0 bridgehead atoms. The molecule has 5 nitrogen and oxygen atoms in total. The quantitative estimate of drug-likeness (QED) is 0.836. The Hall–Kier alpha value is -1.79. The number of carbonyl (C=O) groups excluding carboxylic acids is 1. The first-order valence-corrected chi connectivity index (χ1v) is 6.95. The van der Waals surface area contributed by atoms with Gasteiger partial charge < -0.3 is 9.64 Å². The third-order valence-corrected chi connectivity index (χ3v) is 3.84. The molecule has 0 aliphatic carbocycles. The maximum absolute atomic E-state index is 12.2. The first-order valence-electron chi connectivity index (χ1n) is 6.07. The Balaban J connectivity index is 1.79. The second kappa shape index (κ2) is 5.46. The third kappa shape index (κ3) is 2.64. The Kier molecular flexibility index (Phi) is 3.52. The Morgan fingerprint density at radius 2 is 2.00 bits per heavy atom. The standard InChI is InChI=1S/C13H13N3O2S/c17-13(16-5-7-18-8-6-16)11-9-19-12(15-11)10-1-3-14-4-2-10/h1-4,9H,5-8H2. The maximum Gasteiger partial charge on any atom is 0.273 e. The lowest BCUT2D eigenvalue weighted by Crippen LogP contribution is -2.40. The number of ether oxygens (including phenoxy) is 1. The van der Waals surface area contributed by atoms with E-state index >= 15 is 0 Å². The molecule has 0 atom stereocenters. The van der Waals surface area contributed by atoms with Crippen molar-refractivity contribution in [2.45, 2.75) is 0 Å². The largest absolute Gasteiger partial charge is 0.378 e. The van der Waals surface area contributed by atoms with Gasteiger partial charge in [-0.05, 0) is 12.1 Å². The molecule has 0 unspecified atom stereocenters. The van der Waals surface area contributed by atoms with Crippen molar-refractivity contribution in [3.63, 3.8) is 0 Å². The predicted molar refractivity (Wildman–Crippen MR) is 72.1 cm³/mol. The summed E-state index contributed by atoms with van der Waals surface area (Å²) in [4.78, 5) is 22.4. The Morgan fingerprint density at radius 3 is 2.74 bits per heavy atom. The van der Waals surface area contributed by atoms with E-state index in [0.717, 1.165) is 10.6 Å². The van der Waals surface area contributed by atoms with Gasteiger partial charge in [0.2, 0.25) is 0 Å². The number of amides is 1. The van der Waals surface area contributed by atoms with Crippen molar-refractivity contribution in [3.8, 4) is 10.6 Å². The molecule has 1 saturated heterocycles. The zero-order valence-corrected chi connectivity index (χ0v) is 11.1. The molecule has 0 aromatic carbocycles. The summed E-state index contributed by atoms with van der Waals surface area (Å²) < 4.78 is 5.24. The van der Waals surface area contributed by atoms with Crippen LogP contribution >= 0.6 is 11.3 Å². The molecule has 0 N–H and O–H groups in total. The number of pyridine rings is 1. The summed E-state index contributed by atoms with van der Waals surface area (Å²) in [5.41, 5.74) is 1.50.